The van der Waals surface area contributed by atoms with Crippen molar-refractivity contribution in [2.45, 2.75) is 51.9 Å². The highest BCUT2D eigenvalue weighted by atomic mass is 14.3. The quantitative estimate of drug-likeness (QED) is 0.574. The second-order valence-corrected chi connectivity index (χ2v) is 6.83. The molecule has 0 aliphatic heterocycles. The van der Waals surface area contributed by atoms with E-state index in [-0.39, 0.29) is 0 Å². The van der Waals surface area contributed by atoms with Crippen LogP contribution in [0.2, 0.25) is 0 Å². The summed E-state index contributed by atoms with van der Waals surface area (Å²) in [5, 5.41) is 0. The largest absolute Gasteiger partial charge is 0.0914 e. The summed E-state index contributed by atoms with van der Waals surface area (Å²) in [6.07, 6.45) is 16.9. The summed E-state index contributed by atoms with van der Waals surface area (Å²) in [4.78, 5) is 0. The van der Waals surface area contributed by atoms with E-state index < -0.39 is 0 Å². The summed E-state index contributed by atoms with van der Waals surface area (Å²) in [6, 6.07) is 10.9. The average molecular weight is 280 g/mol. The fourth-order valence-electron chi connectivity index (χ4n) is 4.28. The number of benzene rings is 1. The van der Waals surface area contributed by atoms with Crippen LogP contribution in [0.25, 0.3) is 5.57 Å². The van der Waals surface area contributed by atoms with E-state index in [1.54, 1.807) is 5.57 Å². The minimum Gasteiger partial charge on any atom is -0.0914 e. The van der Waals surface area contributed by atoms with E-state index in [2.05, 4.69) is 55.5 Å². The Balaban J connectivity index is 1.55. The second kappa shape index (κ2) is 7.11. The first-order valence-corrected chi connectivity index (χ1v) is 8.74. The molecule has 1 atom stereocenters. The third-order valence-corrected chi connectivity index (χ3v) is 5.54. The van der Waals surface area contributed by atoms with Gasteiger partial charge in [0.25, 0.3) is 0 Å². The van der Waals surface area contributed by atoms with Crippen LogP contribution >= 0.6 is 0 Å². The Morgan fingerprint density at radius 3 is 2.29 bits per heavy atom. The van der Waals surface area contributed by atoms with Crippen molar-refractivity contribution in [1.82, 2.24) is 0 Å². The monoisotopic (exact) mass is 280 g/mol. The van der Waals surface area contributed by atoms with E-state index in [1.165, 1.54) is 50.5 Å². The molecule has 1 unspecified atom stereocenters. The van der Waals surface area contributed by atoms with Crippen LogP contribution in [0.3, 0.4) is 0 Å². The molecular weight excluding hydrogens is 252 g/mol. The van der Waals surface area contributed by atoms with Crippen molar-refractivity contribution >= 4 is 5.57 Å². The number of hydrogen-bond donors (Lipinski definition) is 0. The molecule has 0 saturated heterocycles. The maximum Gasteiger partial charge on any atom is -0.0228 e. The molecule has 0 bridgehead atoms. The van der Waals surface area contributed by atoms with Gasteiger partial charge < -0.3 is 0 Å². The molecule has 2 aliphatic carbocycles. The lowest BCUT2D eigenvalue weighted by Crippen LogP contribution is -2.22. The molecule has 1 fully saturated rings. The van der Waals surface area contributed by atoms with Gasteiger partial charge in [-0.3, -0.25) is 0 Å². The zero-order chi connectivity index (χ0) is 14.5. The molecular formula is C21H28. The normalized spacial score (nSPS) is 30.3. The fraction of sp³-hybridized carbons (Fsp3) is 0.524. The summed E-state index contributed by atoms with van der Waals surface area (Å²) < 4.78 is 0. The zero-order valence-electron chi connectivity index (χ0n) is 13.3. The van der Waals surface area contributed by atoms with Crippen molar-refractivity contribution < 1.29 is 0 Å². The standard InChI is InChI=1S/C21H28/c1-2-6-17-9-11-19(12-10-17)21-15-13-20(14-16-21)18-7-4-3-5-8-18/h2-8,13,17,19,21H,9-12,14-16H2,1H3/b6-2+. The Labute approximate surface area is 130 Å². The molecule has 0 nitrogen and oxygen atoms in total. The van der Waals surface area contributed by atoms with Crippen LogP contribution < -0.4 is 0 Å². The molecule has 112 valence electrons. The minimum absolute atomic E-state index is 0.866. The van der Waals surface area contributed by atoms with Gasteiger partial charge in [0.05, 0.1) is 0 Å². The molecule has 0 heterocycles. The van der Waals surface area contributed by atoms with E-state index in [4.69, 9.17) is 0 Å². The van der Waals surface area contributed by atoms with Crippen molar-refractivity contribution in [2.75, 3.05) is 0 Å². The highest BCUT2D eigenvalue weighted by Crippen LogP contribution is 2.41. The van der Waals surface area contributed by atoms with Crippen LogP contribution in [0.1, 0.15) is 57.4 Å². The second-order valence-electron chi connectivity index (χ2n) is 6.83. The Hall–Kier alpha value is -1.30. The number of hydrogen-bond acceptors (Lipinski definition) is 0. The highest BCUT2D eigenvalue weighted by Gasteiger charge is 2.27. The number of rotatable bonds is 3. The molecule has 2 aliphatic rings. The van der Waals surface area contributed by atoms with Crippen LogP contribution in [0, 0.1) is 17.8 Å². The molecule has 0 aromatic heterocycles. The lowest BCUT2D eigenvalue weighted by molar-refractivity contribution is 0.212. The lowest BCUT2D eigenvalue weighted by atomic mass is 9.71. The van der Waals surface area contributed by atoms with Gasteiger partial charge in [0.15, 0.2) is 0 Å². The van der Waals surface area contributed by atoms with Crippen molar-refractivity contribution in [1.29, 1.82) is 0 Å². The van der Waals surface area contributed by atoms with E-state index in [1.807, 2.05) is 0 Å². The van der Waals surface area contributed by atoms with Gasteiger partial charge >= 0.3 is 0 Å². The van der Waals surface area contributed by atoms with Crippen LogP contribution in [0.4, 0.5) is 0 Å². The molecule has 1 aromatic carbocycles. The Morgan fingerprint density at radius 2 is 1.67 bits per heavy atom. The summed E-state index contributed by atoms with van der Waals surface area (Å²) in [6.45, 7) is 2.16. The predicted octanol–water partition coefficient (Wildman–Crippen LogP) is 6.25. The van der Waals surface area contributed by atoms with Crippen molar-refractivity contribution in [2.24, 2.45) is 17.8 Å². The fourth-order valence-corrected chi connectivity index (χ4v) is 4.28. The van der Waals surface area contributed by atoms with Crippen molar-refractivity contribution in [3.05, 3.63) is 54.1 Å². The van der Waals surface area contributed by atoms with Gasteiger partial charge in [-0.2, -0.15) is 0 Å². The van der Waals surface area contributed by atoms with Gasteiger partial charge in [-0.05, 0) is 80.8 Å². The van der Waals surface area contributed by atoms with Crippen LogP contribution in [0.5, 0.6) is 0 Å². The van der Waals surface area contributed by atoms with Gasteiger partial charge in [-0.25, -0.2) is 0 Å². The first kappa shape index (κ1) is 14.6. The topological polar surface area (TPSA) is 0 Å². The molecule has 0 N–H and O–H groups in total. The van der Waals surface area contributed by atoms with Gasteiger partial charge in [-0.15, -0.1) is 0 Å². The highest BCUT2D eigenvalue weighted by molar-refractivity contribution is 5.66. The van der Waals surface area contributed by atoms with Crippen LogP contribution in [-0.2, 0) is 0 Å². The molecule has 1 saturated carbocycles. The predicted molar refractivity (Wildman–Crippen MR) is 92.0 cm³/mol. The average Bonchev–Trinajstić information content (AvgIpc) is 2.57. The van der Waals surface area contributed by atoms with Gasteiger partial charge in [0, 0.05) is 0 Å². The van der Waals surface area contributed by atoms with Crippen LogP contribution in [0.15, 0.2) is 48.6 Å². The smallest absolute Gasteiger partial charge is 0.0228 e. The summed E-state index contributed by atoms with van der Waals surface area (Å²) in [7, 11) is 0. The van der Waals surface area contributed by atoms with E-state index in [9.17, 15) is 0 Å². The Kier molecular flexibility index (Phi) is 4.95. The molecule has 0 spiro atoms. The molecule has 1 aromatic rings. The lowest BCUT2D eigenvalue weighted by Gasteiger charge is -2.34. The van der Waals surface area contributed by atoms with Gasteiger partial charge in [-0.1, -0.05) is 48.6 Å². The van der Waals surface area contributed by atoms with E-state index >= 15 is 0 Å². The molecule has 3 rings (SSSR count). The number of allylic oxidation sites excluding steroid dienone is 4. The molecule has 0 radical (unpaired) electrons. The zero-order valence-corrected chi connectivity index (χ0v) is 13.3. The molecule has 0 heteroatoms. The van der Waals surface area contributed by atoms with Crippen LogP contribution in [-0.4, -0.2) is 0 Å². The van der Waals surface area contributed by atoms with E-state index in [0.717, 1.165) is 17.8 Å². The summed E-state index contributed by atoms with van der Waals surface area (Å²) in [5.74, 6) is 2.80. The summed E-state index contributed by atoms with van der Waals surface area (Å²) in [5.41, 5.74) is 3.02. The SMILES string of the molecule is C/C=C/C1CCC(C2CC=C(c3ccccc3)CC2)CC1. The third kappa shape index (κ3) is 3.67. The minimum atomic E-state index is 0.866. The first-order valence-electron chi connectivity index (χ1n) is 8.74. The molecule has 0 amide bonds. The third-order valence-electron chi connectivity index (χ3n) is 5.54. The Bertz CT molecular complexity index is 486. The van der Waals surface area contributed by atoms with E-state index in [0.29, 0.717) is 0 Å². The molecule has 21 heavy (non-hydrogen) atoms. The van der Waals surface area contributed by atoms with Crippen molar-refractivity contribution in [3.8, 4) is 0 Å². The Morgan fingerprint density at radius 1 is 0.905 bits per heavy atom. The van der Waals surface area contributed by atoms with Crippen molar-refractivity contribution in [3.63, 3.8) is 0 Å². The maximum atomic E-state index is 2.53. The van der Waals surface area contributed by atoms with Gasteiger partial charge in [0.1, 0.15) is 0 Å². The van der Waals surface area contributed by atoms with Gasteiger partial charge in [0.2, 0.25) is 0 Å². The maximum absolute atomic E-state index is 2.53. The first-order chi connectivity index (χ1) is 10.4. The summed E-state index contributed by atoms with van der Waals surface area (Å²) >= 11 is 0.